The number of rotatable bonds is 6. The zero-order valence-corrected chi connectivity index (χ0v) is 18.4. The summed E-state index contributed by atoms with van der Waals surface area (Å²) in [6, 6.07) is 15.3. The summed E-state index contributed by atoms with van der Waals surface area (Å²) in [5.41, 5.74) is 4.31. The average molecular weight is 437 g/mol. The second kappa shape index (κ2) is 8.69. The number of ether oxygens (including phenoxy) is 2. The fourth-order valence-corrected chi connectivity index (χ4v) is 4.76. The largest absolute Gasteiger partial charge is 0.497 e. The molecular weight excluding hydrogens is 416 g/mol. The van der Waals surface area contributed by atoms with Crippen LogP contribution in [0.4, 0.5) is 5.69 Å². The summed E-state index contributed by atoms with van der Waals surface area (Å²) in [6.45, 7) is 1.86. The minimum atomic E-state index is -0.169. The van der Waals surface area contributed by atoms with E-state index >= 15 is 0 Å². The summed E-state index contributed by atoms with van der Waals surface area (Å²) >= 11 is 3.01. The van der Waals surface area contributed by atoms with Crippen molar-refractivity contribution in [2.75, 3.05) is 19.5 Å². The molecule has 4 rings (SSSR count). The summed E-state index contributed by atoms with van der Waals surface area (Å²) in [6.07, 6.45) is 0. The van der Waals surface area contributed by atoms with Crippen molar-refractivity contribution in [1.82, 2.24) is 4.98 Å². The number of carbonyl (C=O) groups is 1. The molecule has 152 valence electrons. The van der Waals surface area contributed by atoms with Crippen molar-refractivity contribution in [2.24, 2.45) is 0 Å². The molecule has 2 aromatic carbocycles. The molecule has 0 fully saturated rings. The third kappa shape index (κ3) is 4.08. The van der Waals surface area contributed by atoms with E-state index < -0.39 is 0 Å². The Morgan fingerprint density at radius 3 is 2.47 bits per heavy atom. The highest BCUT2D eigenvalue weighted by molar-refractivity contribution is 7.17. The Hall–Kier alpha value is -3.16. The Morgan fingerprint density at radius 2 is 1.80 bits per heavy atom. The predicted octanol–water partition coefficient (Wildman–Crippen LogP) is 6.12. The van der Waals surface area contributed by atoms with Crippen LogP contribution in [0.5, 0.6) is 11.5 Å². The van der Waals surface area contributed by atoms with Gasteiger partial charge < -0.3 is 14.8 Å². The van der Waals surface area contributed by atoms with Crippen LogP contribution in [0, 0.1) is 6.92 Å². The van der Waals surface area contributed by atoms with E-state index in [0.717, 1.165) is 38.9 Å². The molecule has 0 atom stereocenters. The van der Waals surface area contributed by atoms with Crippen molar-refractivity contribution in [3.63, 3.8) is 0 Å². The van der Waals surface area contributed by atoms with Crippen molar-refractivity contribution >= 4 is 34.3 Å². The van der Waals surface area contributed by atoms with Crippen LogP contribution < -0.4 is 14.8 Å². The van der Waals surface area contributed by atoms with Gasteiger partial charge in [0.1, 0.15) is 21.4 Å². The maximum atomic E-state index is 12.9. The molecule has 0 aliphatic carbocycles. The summed E-state index contributed by atoms with van der Waals surface area (Å²) < 4.78 is 10.7. The zero-order valence-electron chi connectivity index (χ0n) is 16.8. The maximum Gasteiger partial charge on any atom is 0.267 e. The minimum absolute atomic E-state index is 0.169. The van der Waals surface area contributed by atoms with Gasteiger partial charge in [0, 0.05) is 22.2 Å². The van der Waals surface area contributed by atoms with Gasteiger partial charge in [-0.1, -0.05) is 12.1 Å². The lowest BCUT2D eigenvalue weighted by Gasteiger charge is -2.12. The number of benzene rings is 2. The number of hydrogen-bond acceptors (Lipinski definition) is 6. The first-order valence-electron chi connectivity index (χ1n) is 9.23. The molecule has 2 aromatic heterocycles. The number of aromatic nitrogens is 1. The first kappa shape index (κ1) is 20.1. The smallest absolute Gasteiger partial charge is 0.267 e. The lowest BCUT2D eigenvalue weighted by Crippen LogP contribution is -2.11. The lowest BCUT2D eigenvalue weighted by molar-refractivity contribution is 0.103. The van der Waals surface area contributed by atoms with E-state index in [9.17, 15) is 4.79 Å². The van der Waals surface area contributed by atoms with Gasteiger partial charge in [0.2, 0.25) is 0 Å². The Balaban J connectivity index is 1.61. The highest BCUT2D eigenvalue weighted by atomic mass is 32.1. The zero-order chi connectivity index (χ0) is 21.1. The van der Waals surface area contributed by atoms with E-state index in [0.29, 0.717) is 10.6 Å². The first-order chi connectivity index (χ1) is 14.6. The monoisotopic (exact) mass is 436 g/mol. The molecule has 0 unspecified atom stereocenters. The van der Waals surface area contributed by atoms with Crippen LogP contribution in [-0.2, 0) is 0 Å². The Bertz CT molecular complexity index is 1170. The van der Waals surface area contributed by atoms with Gasteiger partial charge in [-0.25, -0.2) is 4.98 Å². The van der Waals surface area contributed by atoms with E-state index in [-0.39, 0.29) is 5.91 Å². The van der Waals surface area contributed by atoms with Crippen LogP contribution in [0.2, 0.25) is 0 Å². The molecule has 0 bridgehead atoms. The number of thiophene rings is 1. The molecule has 0 spiro atoms. The molecule has 1 amide bonds. The van der Waals surface area contributed by atoms with E-state index in [1.54, 1.807) is 25.6 Å². The van der Waals surface area contributed by atoms with Crippen LogP contribution in [0.15, 0.2) is 59.3 Å². The van der Waals surface area contributed by atoms with Gasteiger partial charge in [-0.05, 0) is 54.3 Å². The van der Waals surface area contributed by atoms with Crippen LogP contribution in [0.3, 0.4) is 0 Å². The standard InChI is InChI=1S/C23H20N2O3S2/c1-14-21(30-23(24-14)16-10-11-29-13-16)22(26)25-17-6-9-20(28-3)19(12-17)15-4-7-18(27-2)8-5-15/h4-13H,1-3H3,(H,25,26). The number of hydrogen-bond donors (Lipinski definition) is 1. The van der Waals surface area contributed by atoms with Crippen molar-refractivity contribution < 1.29 is 14.3 Å². The SMILES string of the molecule is COc1ccc(-c2cc(NC(=O)c3sc(-c4ccsc4)nc3C)ccc2OC)cc1. The molecule has 5 nitrogen and oxygen atoms in total. The van der Waals surface area contributed by atoms with Crippen LogP contribution >= 0.6 is 22.7 Å². The molecule has 1 N–H and O–H groups in total. The molecule has 0 aliphatic heterocycles. The second-order valence-electron chi connectivity index (χ2n) is 6.54. The van der Waals surface area contributed by atoms with Gasteiger partial charge in [-0.2, -0.15) is 11.3 Å². The predicted molar refractivity (Wildman–Crippen MR) is 123 cm³/mol. The van der Waals surface area contributed by atoms with Gasteiger partial charge in [0.25, 0.3) is 5.91 Å². The van der Waals surface area contributed by atoms with Crippen molar-refractivity contribution in [2.45, 2.75) is 6.92 Å². The normalized spacial score (nSPS) is 10.6. The third-order valence-electron chi connectivity index (χ3n) is 4.63. The van der Waals surface area contributed by atoms with Crippen molar-refractivity contribution in [1.29, 1.82) is 0 Å². The molecule has 2 heterocycles. The molecule has 4 aromatic rings. The highest BCUT2D eigenvalue weighted by Crippen LogP contribution is 2.34. The quantitative estimate of drug-likeness (QED) is 0.396. The maximum absolute atomic E-state index is 12.9. The molecule has 0 radical (unpaired) electrons. The molecule has 30 heavy (non-hydrogen) atoms. The third-order valence-corrected chi connectivity index (χ3v) is 6.52. The first-order valence-corrected chi connectivity index (χ1v) is 11.0. The van der Waals surface area contributed by atoms with E-state index in [1.807, 2.05) is 66.2 Å². The number of thiazole rings is 1. The summed E-state index contributed by atoms with van der Waals surface area (Å²) in [4.78, 5) is 18.1. The van der Waals surface area contributed by atoms with Gasteiger partial charge in [-0.3, -0.25) is 4.79 Å². The summed E-state index contributed by atoms with van der Waals surface area (Å²) in [7, 11) is 3.27. The van der Waals surface area contributed by atoms with Crippen LogP contribution in [0.1, 0.15) is 15.4 Å². The van der Waals surface area contributed by atoms with Gasteiger partial charge in [0.05, 0.1) is 19.9 Å². The van der Waals surface area contributed by atoms with E-state index in [4.69, 9.17) is 9.47 Å². The Labute approximate surface area is 183 Å². The van der Waals surface area contributed by atoms with E-state index in [1.165, 1.54) is 11.3 Å². The average Bonchev–Trinajstić information content (AvgIpc) is 3.43. The fraction of sp³-hybridized carbons (Fsp3) is 0.130. The molecule has 0 saturated carbocycles. The summed E-state index contributed by atoms with van der Waals surface area (Å²) in [5, 5.41) is 7.89. The number of carbonyl (C=O) groups excluding carboxylic acids is 1. The van der Waals surface area contributed by atoms with Gasteiger partial charge in [-0.15, -0.1) is 11.3 Å². The number of nitrogens with one attached hydrogen (secondary N) is 1. The van der Waals surface area contributed by atoms with Crippen molar-refractivity contribution in [3.8, 4) is 33.2 Å². The minimum Gasteiger partial charge on any atom is -0.497 e. The number of anilines is 1. The Kier molecular flexibility index (Phi) is 5.83. The molecule has 7 heteroatoms. The molecule has 0 saturated heterocycles. The van der Waals surface area contributed by atoms with Gasteiger partial charge in [0.15, 0.2) is 0 Å². The van der Waals surface area contributed by atoms with E-state index in [2.05, 4.69) is 10.3 Å². The van der Waals surface area contributed by atoms with Gasteiger partial charge >= 0.3 is 0 Å². The number of nitrogens with zero attached hydrogens (tertiary/aromatic N) is 1. The number of aryl methyl sites for hydroxylation is 1. The number of amides is 1. The fourth-order valence-electron chi connectivity index (χ4n) is 3.09. The number of methoxy groups -OCH3 is 2. The van der Waals surface area contributed by atoms with Crippen LogP contribution in [-0.4, -0.2) is 25.1 Å². The molecular formula is C23H20N2O3S2. The van der Waals surface area contributed by atoms with Crippen LogP contribution in [0.25, 0.3) is 21.7 Å². The Morgan fingerprint density at radius 1 is 1.00 bits per heavy atom. The van der Waals surface area contributed by atoms with Crippen molar-refractivity contribution in [3.05, 3.63) is 69.9 Å². The molecule has 0 aliphatic rings. The summed E-state index contributed by atoms with van der Waals surface area (Å²) in [5.74, 6) is 1.34. The second-order valence-corrected chi connectivity index (χ2v) is 8.32. The lowest BCUT2D eigenvalue weighted by atomic mass is 10.0. The topological polar surface area (TPSA) is 60.5 Å². The highest BCUT2D eigenvalue weighted by Gasteiger charge is 2.17.